The zero-order valence-electron chi connectivity index (χ0n) is 32.3. The number of fused-ring (bicyclic) bond motifs is 1. The first-order valence-corrected chi connectivity index (χ1v) is 18.5. The summed E-state index contributed by atoms with van der Waals surface area (Å²) in [5, 5.41) is 26.0. The lowest BCUT2D eigenvalue weighted by molar-refractivity contribution is -0.152. The van der Waals surface area contributed by atoms with Gasteiger partial charge in [0.15, 0.2) is 0 Å². The van der Waals surface area contributed by atoms with E-state index < -0.39 is 78.3 Å². The number of benzene rings is 1. The maximum absolute atomic E-state index is 14.3. The Balaban J connectivity index is 2.20. The van der Waals surface area contributed by atoms with Crippen LogP contribution in [-0.4, -0.2) is 136 Å². The van der Waals surface area contributed by atoms with E-state index in [0.29, 0.717) is 18.4 Å². The van der Waals surface area contributed by atoms with Crippen LogP contribution in [0.5, 0.6) is 5.75 Å². The molecule has 0 spiro atoms. The lowest BCUT2D eigenvalue weighted by Crippen LogP contribution is -2.62. The molecule has 0 unspecified atom stereocenters. The third kappa shape index (κ3) is 10.4. The van der Waals surface area contributed by atoms with Crippen molar-refractivity contribution in [3.8, 4) is 5.75 Å². The van der Waals surface area contributed by atoms with Crippen LogP contribution in [0.25, 0.3) is 0 Å². The molecule has 6 atom stereocenters. The molecule has 0 saturated carbocycles. The van der Waals surface area contributed by atoms with E-state index in [4.69, 9.17) is 0 Å². The van der Waals surface area contributed by atoms with Crippen molar-refractivity contribution in [2.75, 3.05) is 34.3 Å². The van der Waals surface area contributed by atoms with E-state index >= 15 is 0 Å². The van der Waals surface area contributed by atoms with Crippen molar-refractivity contribution in [1.82, 2.24) is 30.2 Å². The highest BCUT2D eigenvalue weighted by molar-refractivity contribution is 5.98. The monoisotopic (exact) mass is 728 g/mol. The number of amides is 6. The molecular weight excluding hydrogens is 668 g/mol. The molecule has 0 aromatic heterocycles. The second-order valence-corrected chi connectivity index (χ2v) is 15.6. The Morgan fingerprint density at radius 3 is 1.65 bits per heavy atom. The minimum absolute atomic E-state index is 0.0364. The van der Waals surface area contributed by atoms with Crippen molar-refractivity contribution < 1.29 is 39.0 Å². The summed E-state index contributed by atoms with van der Waals surface area (Å²) < 4.78 is 0. The third-order valence-corrected chi connectivity index (χ3v) is 10.0. The van der Waals surface area contributed by atoms with Crippen LogP contribution in [0.2, 0.25) is 0 Å². The van der Waals surface area contributed by atoms with E-state index in [1.807, 2.05) is 41.5 Å². The smallest absolute Gasteiger partial charge is 0.245 e. The summed E-state index contributed by atoms with van der Waals surface area (Å²) in [5.41, 5.74) is 0.659. The van der Waals surface area contributed by atoms with Gasteiger partial charge >= 0.3 is 0 Å². The van der Waals surface area contributed by atoms with Crippen LogP contribution in [-0.2, 0) is 35.2 Å². The summed E-state index contributed by atoms with van der Waals surface area (Å²) in [7, 11) is 4.38. The molecule has 0 radical (unpaired) electrons. The molecule has 2 heterocycles. The largest absolute Gasteiger partial charge is 0.508 e. The number of aliphatic hydroxyl groups excluding tert-OH is 1. The molecule has 6 amide bonds. The van der Waals surface area contributed by atoms with Gasteiger partial charge < -0.3 is 40.4 Å². The van der Waals surface area contributed by atoms with E-state index in [-0.39, 0.29) is 55.7 Å². The second kappa shape index (κ2) is 18.5. The Morgan fingerprint density at radius 2 is 1.13 bits per heavy atom. The maximum atomic E-state index is 14.3. The average Bonchev–Trinajstić information content (AvgIpc) is 3.57. The first kappa shape index (κ1) is 42.2. The normalized spacial score (nSPS) is 26.2. The Bertz CT molecular complexity index is 1430. The number of rotatable bonds is 9. The second-order valence-electron chi connectivity index (χ2n) is 15.6. The lowest BCUT2D eigenvalue weighted by Gasteiger charge is -2.38. The van der Waals surface area contributed by atoms with Crippen LogP contribution in [0.3, 0.4) is 0 Å². The van der Waals surface area contributed by atoms with Crippen molar-refractivity contribution in [2.24, 2.45) is 17.8 Å². The highest BCUT2D eigenvalue weighted by atomic mass is 16.3. The molecule has 4 N–H and O–H groups in total. The molecule has 2 saturated heterocycles. The van der Waals surface area contributed by atoms with E-state index in [1.54, 1.807) is 12.1 Å². The van der Waals surface area contributed by atoms with Gasteiger partial charge in [0.25, 0.3) is 0 Å². The predicted octanol–water partition coefficient (Wildman–Crippen LogP) is 1.52. The van der Waals surface area contributed by atoms with Crippen LogP contribution < -0.4 is 10.6 Å². The summed E-state index contributed by atoms with van der Waals surface area (Å²) >= 11 is 0. The third-order valence-electron chi connectivity index (χ3n) is 10.0. The molecule has 14 nitrogen and oxygen atoms in total. The highest BCUT2D eigenvalue weighted by Gasteiger charge is 2.44. The molecule has 52 heavy (non-hydrogen) atoms. The van der Waals surface area contributed by atoms with Gasteiger partial charge in [0.2, 0.25) is 35.4 Å². The fraction of sp³-hybridized carbons (Fsp3) is 0.684. The summed E-state index contributed by atoms with van der Waals surface area (Å²) in [4.78, 5) is 90.4. The van der Waals surface area contributed by atoms with Crippen molar-refractivity contribution in [3.63, 3.8) is 0 Å². The molecule has 2 aliphatic rings. The van der Waals surface area contributed by atoms with Gasteiger partial charge in [0, 0.05) is 34.1 Å². The lowest BCUT2D eigenvalue weighted by atomic mass is 9.97. The maximum Gasteiger partial charge on any atom is 0.245 e. The van der Waals surface area contributed by atoms with Gasteiger partial charge in [0.1, 0.15) is 42.0 Å². The predicted molar refractivity (Wildman–Crippen MR) is 196 cm³/mol. The minimum Gasteiger partial charge on any atom is -0.508 e. The van der Waals surface area contributed by atoms with Gasteiger partial charge in [0.05, 0.1) is 6.61 Å². The Kier molecular flexibility index (Phi) is 15.0. The van der Waals surface area contributed by atoms with Gasteiger partial charge in [-0.3, -0.25) is 28.8 Å². The quantitative estimate of drug-likeness (QED) is 0.296. The Labute approximate surface area is 308 Å². The zero-order chi connectivity index (χ0) is 39.0. The van der Waals surface area contributed by atoms with Gasteiger partial charge in [-0.1, -0.05) is 53.7 Å². The first-order chi connectivity index (χ1) is 24.4. The number of hydrogen-bond acceptors (Lipinski definition) is 8. The van der Waals surface area contributed by atoms with E-state index in [1.165, 1.54) is 48.0 Å². The summed E-state index contributed by atoms with van der Waals surface area (Å²) in [6.07, 6.45) is 1.64. The number of aromatic hydroxyl groups is 1. The van der Waals surface area contributed by atoms with Crippen LogP contribution in [0, 0.1) is 17.8 Å². The number of carbonyl (C=O) groups excluding carboxylic acids is 6. The van der Waals surface area contributed by atoms with Crippen molar-refractivity contribution >= 4 is 35.4 Å². The highest BCUT2D eigenvalue weighted by Crippen LogP contribution is 2.25. The van der Waals surface area contributed by atoms with Gasteiger partial charge in [-0.25, -0.2) is 0 Å². The van der Waals surface area contributed by atoms with Crippen molar-refractivity contribution in [3.05, 3.63) is 29.8 Å². The number of nitrogens with zero attached hydrogens (tertiary/aromatic N) is 4. The molecule has 290 valence electrons. The molecule has 0 aliphatic carbocycles. The van der Waals surface area contributed by atoms with Gasteiger partial charge in [-0.05, 0) is 67.6 Å². The van der Waals surface area contributed by atoms with Gasteiger partial charge in [-0.15, -0.1) is 0 Å². The first-order valence-electron chi connectivity index (χ1n) is 18.5. The fourth-order valence-electron chi connectivity index (χ4n) is 7.10. The van der Waals surface area contributed by atoms with Crippen molar-refractivity contribution in [1.29, 1.82) is 0 Å². The number of aliphatic hydroxyl groups is 1. The van der Waals surface area contributed by atoms with Gasteiger partial charge in [-0.2, -0.15) is 0 Å². The number of carbonyl (C=O) groups is 6. The topological polar surface area (TPSA) is 180 Å². The number of hydrogen-bond donors (Lipinski definition) is 4. The molecule has 14 heteroatoms. The number of phenols is 1. The SMILES string of the molecule is CC(C)C[C@@H]1NC(=O)[C@H](Cc2ccc(O)cc2)N(C)C(=O)[C@H]2CCCN2C(=O)[C@H](CC(C)C)NC(=O)[C@H](CO)N(C)C(=O)[C@@H](CC(C)C)N(C)C1=O. The number of likely N-dealkylation sites (N-methyl/N-ethyl adjacent to an activating group) is 3. The van der Waals surface area contributed by atoms with Crippen LogP contribution in [0.15, 0.2) is 24.3 Å². The molecule has 0 bridgehead atoms. The molecule has 2 aliphatic heterocycles. The Morgan fingerprint density at radius 1 is 0.654 bits per heavy atom. The van der Waals surface area contributed by atoms with Crippen LogP contribution >= 0.6 is 0 Å². The summed E-state index contributed by atoms with van der Waals surface area (Å²) in [5.74, 6) is -3.40. The molecule has 2 fully saturated rings. The number of nitrogens with one attached hydrogen (secondary N) is 2. The zero-order valence-corrected chi connectivity index (χ0v) is 32.3. The van der Waals surface area contributed by atoms with E-state index in [9.17, 15) is 39.0 Å². The van der Waals surface area contributed by atoms with Crippen molar-refractivity contribution in [2.45, 2.75) is 116 Å². The summed E-state index contributed by atoms with van der Waals surface area (Å²) in [6, 6.07) is -0.244. The van der Waals surface area contributed by atoms with E-state index in [2.05, 4.69) is 10.6 Å². The van der Waals surface area contributed by atoms with Crippen LogP contribution in [0.4, 0.5) is 0 Å². The Hall–Kier alpha value is -4.20. The number of phenolic OH excluding ortho intramolecular Hbond substituents is 1. The summed E-state index contributed by atoms with van der Waals surface area (Å²) in [6.45, 7) is 10.9. The van der Waals surface area contributed by atoms with E-state index in [0.717, 1.165) is 4.90 Å². The minimum atomic E-state index is -1.36. The molecule has 1 aromatic carbocycles. The average molecular weight is 729 g/mol. The fourth-order valence-corrected chi connectivity index (χ4v) is 7.10. The van der Waals surface area contributed by atoms with Crippen LogP contribution in [0.1, 0.15) is 79.2 Å². The molecular formula is C38H60N6O8. The standard InChI is InChI=1S/C38H60N6O8/c1-22(2)17-27-35(49)42(8)31(19-24(5)6)38(52)43(9)32(21-45)34(48)40-28(18-23(3)4)36(50)44-16-10-11-29(44)37(51)41(7)30(33(47)39-27)20-25-12-14-26(46)15-13-25/h12-15,22-24,27-32,45-46H,10-11,16-21H2,1-9H3,(H,39,47)(H,40,48)/t27-,28-,29+,30-,31+,32-/m0/s1. The molecule has 1 aromatic rings. The molecule has 3 rings (SSSR count).